The van der Waals surface area contributed by atoms with Crippen LogP contribution in [0.25, 0.3) is 22.1 Å². The molecule has 1 saturated carbocycles. The molecule has 2 aromatic carbocycles. The standard InChI is InChI=1S/C30H29BrFN7O4/c31-18-6-5-17(21(32)11-18)13-38-12-16(20-3-1-2-4-22(20)38)9-10-33-27-23-28(35-14-34-27)39(15-36-23)30-25(41)24(40)26(43-30)29(42)37-19-7-8-19/h1-6,11-12,14-15,19,24-26,30,40-41H,7-10,13H2,(H,37,42)(H,33,34,35). The van der Waals surface area contributed by atoms with E-state index in [9.17, 15) is 19.4 Å². The Morgan fingerprint density at radius 1 is 1.09 bits per heavy atom. The third kappa shape index (κ3) is 5.37. The summed E-state index contributed by atoms with van der Waals surface area (Å²) in [6.07, 6.45) is 2.39. The van der Waals surface area contributed by atoms with Gasteiger partial charge in [-0.05, 0) is 43.0 Å². The molecular formula is C30H29BrFN7O4. The molecule has 11 nitrogen and oxygen atoms in total. The molecular weight excluding hydrogens is 621 g/mol. The van der Waals surface area contributed by atoms with Crippen molar-refractivity contribution in [3.05, 3.63) is 82.7 Å². The number of aromatic nitrogens is 5. The largest absolute Gasteiger partial charge is 0.387 e. The molecule has 43 heavy (non-hydrogen) atoms. The summed E-state index contributed by atoms with van der Waals surface area (Å²) in [5, 5.41) is 28.5. The molecule has 4 heterocycles. The zero-order chi connectivity index (χ0) is 29.7. The van der Waals surface area contributed by atoms with Gasteiger partial charge in [0.2, 0.25) is 0 Å². The van der Waals surface area contributed by atoms with Gasteiger partial charge in [-0.25, -0.2) is 19.3 Å². The van der Waals surface area contributed by atoms with E-state index in [0.717, 1.165) is 29.3 Å². The van der Waals surface area contributed by atoms with Gasteiger partial charge in [0.1, 0.15) is 24.4 Å². The first-order chi connectivity index (χ1) is 20.9. The van der Waals surface area contributed by atoms with Crippen molar-refractivity contribution in [2.24, 2.45) is 0 Å². The average Bonchev–Trinajstić information content (AvgIpc) is 3.48. The first kappa shape index (κ1) is 27.9. The van der Waals surface area contributed by atoms with E-state index >= 15 is 0 Å². The number of amides is 1. The van der Waals surface area contributed by atoms with Crippen molar-refractivity contribution in [3.63, 3.8) is 0 Å². The number of benzene rings is 2. The fourth-order valence-electron chi connectivity index (χ4n) is 5.59. The normalized spacial score (nSPS) is 22.0. The highest BCUT2D eigenvalue weighted by Crippen LogP contribution is 2.33. The van der Waals surface area contributed by atoms with Gasteiger partial charge < -0.3 is 30.2 Å². The third-order valence-corrected chi connectivity index (χ3v) is 8.46. The molecule has 4 unspecified atom stereocenters. The number of aliphatic hydroxyl groups is 2. The second kappa shape index (κ2) is 11.3. The number of fused-ring (bicyclic) bond motifs is 2. The van der Waals surface area contributed by atoms with Crippen LogP contribution in [0.3, 0.4) is 0 Å². The first-order valence-corrected chi connectivity index (χ1v) is 14.9. The molecule has 2 aliphatic rings. The van der Waals surface area contributed by atoms with E-state index < -0.39 is 30.4 Å². The Bertz CT molecular complexity index is 1820. The van der Waals surface area contributed by atoms with Crippen LogP contribution in [0.1, 0.15) is 30.2 Å². The number of rotatable bonds is 9. The molecule has 4 N–H and O–H groups in total. The highest BCUT2D eigenvalue weighted by Gasteiger charge is 2.48. The lowest BCUT2D eigenvalue weighted by Gasteiger charge is -2.16. The molecule has 4 atom stereocenters. The maximum atomic E-state index is 14.6. The summed E-state index contributed by atoms with van der Waals surface area (Å²) < 4.78 is 24.7. The van der Waals surface area contributed by atoms with E-state index in [0.29, 0.717) is 46.5 Å². The van der Waals surface area contributed by atoms with Gasteiger partial charge in [0.05, 0.1) is 12.9 Å². The minimum atomic E-state index is -1.39. The number of imidazole rings is 1. The summed E-state index contributed by atoms with van der Waals surface area (Å²) >= 11 is 3.32. The van der Waals surface area contributed by atoms with Gasteiger partial charge in [-0.2, -0.15) is 0 Å². The van der Waals surface area contributed by atoms with Crippen LogP contribution in [-0.2, 0) is 22.5 Å². The van der Waals surface area contributed by atoms with Crippen LogP contribution in [-0.4, -0.2) is 71.1 Å². The Morgan fingerprint density at radius 3 is 2.74 bits per heavy atom. The maximum absolute atomic E-state index is 14.6. The Labute approximate surface area is 253 Å². The SMILES string of the molecule is O=C(NC1CC1)C1OC(n2cnc3c(NCCc4cn(Cc5ccc(Br)cc5F)c5ccccc45)ncnc32)C(O)C1O. The molecule has 3 aromatic heterocycles. The van der Waals surface area contributed by atoms with E-state index in [4.69, 9.17) is 4.74 Å². The zero-order valence-electron chi connectivity index (χ0n) is 22.9. The maximum Gasteiger partial charge on any atom is 0.252 e. The van der Waals surface area contributed by atoms with Crippen molar-refractivity contribution < 1.29 is 24.1 Å². The van der Waals surface area contributed by atoms with Crippen LogP contribution in [0.5, 0.6) is 0 Å². The van der Waals surface area contributed by atoms with Crippen molar-refractivity contribution in [1.82, 2.24) is 29.4 Å². The molecule has 1 aliphatic carbocycles. The smallest absolute Gasteiger partial charge is 0.252 e. The lowest BCUT2D eigenvalue weighted by Crippen LogP contribution is -2.43. The topological polar surface area (TPSA) is 139 Å². The van der Waals surface area contributed by atoms with Crippen LogP contribution in [0.2, 0.25) is 0 Å². The van der Waals surface area contributed by atoms with Crippen molar-refractivity contribution in [2.45, 2.75) is 56.4 Å². The van der Waals surface area contributed by atoms with Gasteiger partial charge in [-0.3, -0.25) is 9.36 Å². The molecule has 1 saturated heterocycles. The van der Waals surface area contributed by atoms with Crippen LogP contribution in [0, 0.1) is 5.82 Å². The van der Waals surface area contributed by atoms with Gasteiger partial charge in [0.25, 0.3) is 5.91 Å². The number of halogens is 2. The second-order valence-electron chi connectivity index (χ2n) is 11.0. The summed E-state index contributed by atoms with van der Waals surface area (Å²) in [6.45, 7) is 0.939. The Hall–Kier alpha value is -3.91. The molecule has 2 fully saturated rings. The number of carbonyl (C=O) groups excluding carboxylic acids is 1. The van der Waals surface area contributed by atoms with Gasteiger partial charge in [0.15, 0.2) is 29.3 Å². The van der Waals surface area contributed by atoms with E-state index in [1.165, 1.54) is 23.3 Å². The summed E-state index contributed by atoms with van der Waals surface area (Å²) in [7, 11) is 0. The minimum Gasteiger partial charge on any atom is -0.387 e. The van der Waals surface area contributed by atoms with Crippen LogP contribution < -0.4 is 10.6 Å². The predicted octanol–water partition coefficient (Wildman–Crippen LogP) is 3.28. The lowest BCUT2D eigenvalue weighted by molar-refractivity contribution is -0.137. The third-order valence-electron chi connectivity index (χ3n) is 7.97. The van der Waals surface area contributed by atoms with Crippen molar-refractivity contribution in [2.75, 3.05) is 11.9 Å². The van der Waals surface area contributed by atoms with Crippen LogP contribution >= 0.6 is 15.9 Å². The summed E-state index contributed by atoms with van der Waals surface area (Å²) in [5.74, 6) is -0.202. The fraction of sp³-hybridized carbons (Fsp3) is 0.333. The number of aliphatic hydroxyl groups excluding tert-OH is 2. The van der Waals surface area contributed by atoms with E-state index in [2.05, 4.69) is 58.3 Å². The van der Waals surface area contributed by atoms with E-state index in [-0.39, 0.29) is 11.9 Å². The average molecular weight is 651 g/mol. The first-order valence-electron chi connectivity index (χ1n) is 14.1. The highest BCUT2D eigenvalue weighted by atomic mass is 79.9. The molecule has 5 aromatic rings. The Kier molecular flexibility index (Phi) is 7.33. The molecule has 1 amide bonds. The van der Waals surface area contributed by atoms with Gasteiger partial charge in [0, 0.05) is 39.7 Å². The van der Waals surface area contributed by atoms with Gasteiger partial charge >= 0.3 is 0 Å². The molecule has 7 rings (SSSR count). The summed E-state index contributed by atoms with van der Waals surface area (Å²) in [4.78, 5) is 25.7. The van der Waals surface area contributed by atoms with Crippen molar-refractivity contribution in [1.29, 1.82) is 0 Å². The highest BCUT2D eigenvalue weighted by molar-refractivity contribution is 9.10. The number of ether oxygens (including phenoxy) is 1. The van der Waals surface area contributed by atoms with Gasteiger partial charge in [-0.1, -0.05) is 40.2 Å². The molecule has 13 heteroatoms. The van der Waals surface area contributed by atoms with Gasteiger partial charge in [-0.15, -0.1) is 0 Å². The number of carbonyl (C=O) groups is 1. The Morgan fingerprint density at radius 2 is 1.93 bits per heavy atom. The number of nitrogens with one attached hydrogen (secondary N) is 2. The number of para-hydroxylation sites is 1. The predicted molar refractivity (Wildman–Crippen MR) is 160 cm³/mol. The Balaban J connectivity index is 1.07. The number of anilines is 1. The molecule has 0 spiro atoms. The summed E-state index contributed by atoms with van der Waals surface area (Å²) in [5.41, 5.74) is 3.58. The van der Waals surface area contributed by atoms with E-state index in [1.54, 1.807) is 6.07 Å². The number of nitrogens with zero attached hydrogens (tertiary/aromatic N) is 5. The zero-order valence-corrected chi connectivity index (χ0v) is 24.5. The van der Waals surface area contributed by atoms with Crippen LogP contribution in [0.4, 0.5) is 10.2 Å². The molecule has 1 aliphatic heterocycles. The van der Waals surface area contributed by atoms with Crippen molar-refractivity contribution >= 4 is 49.7 Å². The quantitative estimate of drug-likeness (QED) is 0.191. The molecule has 222 valence electrons. The molecule has 0 bridgehead atoms. The lowest BCUT2D eigenvalue weighted by atomic mass is 10.1. The monoisotopic (exact) mass is 649 g/mol. The van der Waals surface area contributed by atoms with Crippen LogP contribution in [0.15, 0.2) is 65.8 Å². The number of hydrogen-bond donors (Lipinski definition) is 4. The minimum absolute atomic E-state index is 0.0982. The second-order valence-corrected chi connectivity index (χ2v) is 11.9. The summed E-state index contributed by atoms with van der Waals surface area (Å²) in [6, 6.07) is 13.2. The number of hydrogen-bond acceptors (Lipinski definition) is 8. The fourth-order valence-corrected chi connectivity index (χ4v) is 5.92. The van der Waals surface area contributed by atoms with Crippen molar-refractivity contribution in [3.8, 4) is 0 Å². The van der Waals surface area contributed by atoms with E-state index in [1.807, 2.05) is 24.3 Å². The molecule has 0 radical (unpaired) electrons.